The van der Waals surface area contributed by atoms with E-state index in [1.165, 1.54) is 4.90 Å². The first-order valence-corrected chi connectivity index (χ1v) is 7.22. The maximum Gasteiger partial charge on any atom is 0.326 e. The molecule has 0 heterocycles. The molecule has 0 radical (unpaired) electrons. The second-order valence-electron chi connectivity index (χ2n) is 4.25. The summed E-state index contributed by atoms with van der Waals surface area (Å²) in [7, 11) is 1.59. The largest absolute Gasteiger partial charge is 0.480 e. The van der Waals surface area contributed by atoms with Gasteiger partial charge in [-0.15, -0.1) is 0 Å². The van der Waals surface area contributed by atoms with Crippen LogP contribution in [0.15, 0.2) is 0 Å². The Morgan fingerprint density at radius 3 is 2.42 bits per heavy atom. The van der Waals surface area contributed by atoms with E-state index >= 15 is 0 Å². The molecule has 0 bridgehead atoms. The Hall–Kier alpha value is -1.44. The van der Waals surface area contributed by atoms with Gasteiger partial charge in [0, 0.05) is 13.1 Å². The smallest absolute Gasteiger partial charge is 0.326 e. The van der Waals surface area contributed by atoms with Crippen molar-refractivity contribution in [2.24, 2.45) is 5.73 Å². The van der Waals surface area contributed by atoms with Crippen molar-refractivity contribution >= 4 is 29.7 Å². The minimum Gasteiger partial charge on any atom is -0.480 e. The van der Waals surface area contributed by atoms with Gasteiger partial charge in [0.15, 0.2) is 0 Å². The van der Waals surface area contributed by atoms with Crippen molar-refractivity contribution in [1.29, 1.82) is 0 Å². The number of amides is 3. The molecule has 0 aromatic carbocycles. The lowest BCUT2D eigenvalue weighted by Gasteiger charge is -2.26. The van der Waals surface area contributed by atoms with E-state index in [9.17, 15) is 14.4 Å². The quantitative estimate of drug-likeness (QED) is 0.587. The summed E-state index contributed by atoms with van der Waals surface area (Å²) in [4.78, 5) is 34.9. The molecule has 4 N–H and O–H groups in total. The van der Waals surface area contributed by atoms with E-state index in [2.05, 4.69) is 5.32 Å². The Labute approximate surface area is 116 Å². The molecule has 0 aliphatic carbocycles. The molecule has 0 rings (SSSR count). The van der Waals surface area contributed by atoms with Gasteiger partial charge in [0.25, 0.3) is 0 Å². The Morgan fingerprint density at radius 2 is 2.00 bits per heavy atom. The maximum absolute atomic E-state index is 11.8. The van der Waals surface area contributed by atoms with Gasteiger partial charge in [-0.1, -0.05) is 0 Å². The number of hydrogen-bond donors (Lipinski definition) is 3. The van der Waals surface area contributed by atoms with Crippen molar-refractivity contribution in [1.82, 2.24) is 10.2 Å². The van der Waals surface area contributed by atoms with E-state index in [4.69, 9.17) is 10.8 Å². The molecule has 0 aromatic heterocycles. The lowest BCUT2D eigenvalue weighted by Crippen LogP contribution is -2.50. The summed E-state index contributed by atoms with van der Waals surface area (Å²) in [6, 6.07) is -1.84. The third-order valence-electron chi connectivity index (χ3n) is 2.72. The van der Waals surface area contributed by atoms with Crippen molar-refractivity contribution in [2.45, 2.75) is 31.8 Å². The minimum atomic E-state index is -1.29. The summed E-state index contributed by atoms with van der Waals surface area (Å²) in [6.45, 7) is 1.87. The normalized spacial score (nSPS) is 13.4. The average molecular weight is 291 g/mol. The van der Waals surface area contributed by atoms with Crippen LogP contribution in [0, 0.1) is 0 Å². The Morgan fingerprint density at radius 1 is 1.42 bits per heavy atom. The molecule has 0 fully saturated rings. The Balaban J connectivity index is 4.46. The van der Waals surface area contributed by atoms with Gasteiger partial charge in [0.05, 0.1) is 6.42 Å². The van der Waals surface area contributed by atoms with Crippen LogP contribution < -0.4 is 11.1 Å². The van der Waals surface area contributed by atoms with Gasteiger partial charge in [0.1, 0.15) is 6.04 Å². The number of nitrogens with zero attached hydrogens (tertiary/aromatic N) is 1. The Kier molecular flexibility index (Phi) is 7.97. The summed E-state index contributed by atoms with van der Waals surface area (Å²) < 4.78 is 0. The molecule has 0 spiro atoms. The topological polar surface area (TPSA) is 113 Å². The molecule has 1 unspecified atom stereocenters. The zero-order chi connectivity index (χ0) is 15.0. The van der Waals surface area contributed by atoms with Crippen molar-refractivity contribution in [2.75, 3.05) is 19.1 Å². The highest BCUT2D eigenvalue weighted by Crippen LogP contribution is 2.06. The fraction of sp³-hybridized carbons (Fsp3) is 0.727. The number of carboxylic acid groups (broad SMARTS) is 1. The lowest BCUT2D eigenvalue weighted by atomic mass is 10.2. The second kappa shape index (κ2) is 8.63. The first-order valence-electron chi connectivity index (χ1n) is 5.83. The van der Waals surface area contributed by atoms with Crippen LogP contribution in [0.3, 0.4) is 0 Å². The van der Waals surface area contributed by atoms with Gasteiger partial charge in [-0.3, -0.25) is 4.79 Å². The summed E-state index contributed by atoms with van der Waals surface area (Å²) in [5, 5.41) is 11.2. The van der Waals surface area contributed by atoms with Gasteiger partial charge in [-0.25, -0.2) is 9.59 Å². The Bertz CT molecular complexity index is 338. The molecular formula is C11H21N3O4S. The van der Waals surface area contributed by atoms with Gasteiger partial charge in [-0.05, 0) is 25.4 Å². The molecule has 0 saturated carbocycles. The number of carbonyl (C=O) groups excluding carboxylic acids is 2. The zero-order valence-electron chi connectivity index (χ0n) is 11.4. The number of aliphatic carboxylic acids is 1. The van der Waals surface area contributed by atoms with Crippen LogP contribution in [0.4, 0.5) is 4.79 Å². The predicted octanol–water partition coefficient (Wildman–Crippen LogP) is 0.0980. The first-order chi connectivity index (χ1) is 8.79. The highest BCUT2D eigenvalue weighted by atomic mass is 32.2. The third kappa shape index (κ3) is 6.90. The van der Waals surface area contributed by atoms with E-state index < -0.39 is 30.4 Å². The third-order valence-corrected chi connectivity index (χ3v) is 3.37. The van der Waals surface area contributed by atoms with Gasteiger partial charge in [-0.2, -0.15) is 11.8 Å². The summed E-state index contributed by atoms with van der Waals surface area (Å²) >= 11 is 1.67. The van der Waals surface area contributed by atoms with E-state index in [-0.39, 0.29) is 6.04 Å². The molecule has 0 aliphatic rings. The number of hydrogen-bond acceptors (Lipinski definition) is 4. The zero-order valence-corrected chi connectivity index (χ0v) is 12.2. The van der Waals surface area contributed by atoms with Crippen LogP contribution in [0.2, 0.25) is 0 Å². The number of primary amides is 1. The standard InChI is InChI=1S/C11H21N3O4S/c1-7(4-5-19-3)14(2)11(18)13-8(10(16)17)6-9(12)15/h7-8H,4-6H2,1-3H3,(H2,12,15)(H,13,18)(H,16,17)/t7?,8-/m1/s1. The molecule has 3 amide bonds. The molecule has 8 heteroatoms. The SMILES string of the molecule is CSCCC(C)N(C)C(=O)N[C@H](CC(N)=O)C(=O)O. The molecule has 0 aliphatic heterocycles. The summed E-state index contributed by atoms with van der Waals surface area (Å²) in [5.74, 6) is -1.15. The number of nitrogens with one attached hydrogen (secondary N) is 1. The van der Waals surface area contributed by atoms with Gasteiger partial charge >= 0.3 is 12.0 Å². The summed E-state index contributed by atoms with van der Waals surface area (Å²) in [5.41, 5.74) is 4.94. The molecule has 7 nitrogen and oxygen atoms in total. The van der Waals surface area contributed by atoms with Crippen LogP contribution >= 0.6 is 11.8 Å². The highest BCUT2D eigenvalue weighted by molar-refractivity contribution is 7.98. The van der Waals surface area contributed by atoms with E-state index in [1.807, 2.05) is 13.2 Å². The van der Waals surface area contributed by atoms with Crippen molar-refractivity contribution < 1.29 is 19.5 Å². The fourth-order valence-corrected chi connectivity index (χ4v) is 1.91. The number of carbonyl (C=O) groups is 3. The van der Waals surface area contributed by atoms with Crippen LogP contribution in [0.5, 0.6) is 0 Å². The van der Waals surface area contributed by atoms with Crippen LogP contribution in [-0.4, -0.2) is 59.1 Å². The van der Waals surface area contributed by atoms with Crippen LogP contribution in [0.1, 0.15) is 19.8 Å². The monoisotopic (exact) mass is 291 g/mol. The first kappa shape index (κ1) is 17.6. The number of carboxylic acids is 1. The molecule has 110 valence electrons. The molecular weight excluding hydrogens is 270 g/mol. The van der Waals surface area contributed by atoms with Crippen molar-refractivity contribution in [3.05, 3.63) is 0 Å². The lowest BCUT2D eigenvalue weighted by molar-refractivity contribution is -0.141. The molecule has 2 atom stereocenters. The molecule has 0 aromatic rings. The van der Waals surface area contributed by atoms with Crippen LogP contribution in [0.25, 0.3) is 0 Å². The number of thioether (sulfide) groups is 1. The molecule has 19 heavy (non-hydrogen) atoms. The average Bonchev–Trinajstić information content (AvgIpc) is 2.33. The highest BCUT2D eigenvalue weighted by Gasteiger charge is 2.25. The van der Waals surface area contributed by atoms with Crippen molar-refractivity contribution in [3.63, 3.8) is 0 Å². The summed E-state index contributed by atoms with van der Waals surface area (Å²) in [6.07, 6.45) is 2.35. The molecule has 0 saturated heterocycles. The van der Waals surface area contributed by atoms with Crippen LogP contribution in [-0.2, 0) is 9.59 Å². The number of urea groups is 1. The van der Waals surface area contributed by atoms with Gasteiger partial charge in [0.2, 0.25) is 5.91 Å². The van der Waals surface area contributed by atoms with Gasteiger partial charge < -0.3 is 21.1 Å². The minimum absolute atomic E-state index is 0.0181. The van der Waals surface area contributed by atoms with Crippen molar-refractivity contribution in [3.8, 4) is 0 Å². The van der Waals surface area contributed by atoms with E-state index in [0.29, 0.717) is 0 Å². The second-order valence-corrected chi connectivity index (χ2v) is 5.24. The van der Waals surface area contributed by atoms with E-state index in [1.54, 1.807) is 18.8 Å². The number of rotatable bonds is 8. The van der Waals surface area contributed by atoms with E-state index in [0.717, 1.165) is 12.2 Å². The number of nitrogens with two attached hydrogens (primary N) is 1. The maximum atomic E-state index is 11.8. The fourth-order valence-electron chi connectivity index (χ4n) is 1.33. The predicted molar refractivity (Wildman–Crippen MR) is 74.0 cm³/mol.